The molecule has 3 rings (SSSR count). The van der Waals surface area contributed by atoms with Crippen LogP contribution in [0.2, 0.25) is 0 Å². The summed E-state index contributed by atoms with van der Waals surface area (Å²) in [6.45, 7) is 9.46. The van der Waals surface area contributed by atoms with Crippen molar-refractivity contribution < 1.29 is 9.18 Å². The van der Waals surface area contributed by atoms with Gasteiger partial charge in [0.15, 0.2) is 0 Å². The third-order valence-corrected chi connectivity index (χ3v) is 5.54. The summed E-state index contributed by atoms with van der Waals surface area (Å²) in [5, 5.41) is 3.22. The number of carbonyl (C=O) groups is 1. The lowest BCUT2D eigenvalue weighted by Gasteiger charge is -2.42. The van der Waals surface area contributed by atoms with Gasteiger partial charge in [-0.25, -0.2) is 9.18 Å². The summed E-state index contributed by atoms with van der Waals surface area (Å²) < 4.78 is 14.0. The van der Waals surface area contributed by atoms with E-state index in [1.54, 1.807) is 6.07 Å². The average Bonchev–Trinajstić information content (AvgIpc) is 2.64. The number of hydrogen-bond donors (Lipinski definition) is 1. The van der Waals surface area contributed by atoms with Gasteiger partial charge < -0.3 is 20.0 Å². The molecule has 0 saturated carbocycles. The molecule has 0 aromatic heterocycles. The fourth-order valence-electron chi connectivity index (χ4n) is 4.06. The Morgan fingerprint density at radius 3 is 2.58 bits per heavy atom. The van der Waals surface area contributed by atoms with E-state index in [0.717, 1.165) is 32.5 Å². The van der Waals surface area contributed by atoms with Gasteiger partial charge in [0.05, 0.1) is 5.69 Å². The fourth-order valence-corrected chi connectivity index (χ4v) is 4.06. The van der Waals surface area contributed by atoms with Crippen molar-refractivity contribution in [3.8, 4) is 0 Å². The highest BCUT2D eigenvalue weighted by Gasteiger charge is 2.30. The summed E-state index contributed by atoms with van der Waals surface area (Å²) in [6.07, 6.45) is 3.23. The van der Waals surface area contributed by atoms with E-state index in [0.29, 0.717) is 25.3 Å². The number of urea groups is 1. The first-order valence-electron chi connectivity index (χ1n) is 9.87. The summed E-state index contributed by atoms with van der Waals surface area (Å²) >= 11 is 0. The molecule has 1 atom stereocenters. The minimum absolute atomic E-state index is 0.0274. The number of para-hydroxylation sites is 1. The molecule has 1 aromatic rings. The van der Waals surface area contributed by atoms with Crippen molar-refractivity contribution in [1.82, 2.24) is 15.1 Å². The Bertz CT molecular complexity index is 603. The first-order chi connectivity index (χ1) is 12.6. The van der Waals surface area contributed by atoms with E-state index in [9.17, 15) is 9.18 Å². The van der Waals surface area contributed by atoms with E-state index in [-0.39, 0.29) is 23.9 Å². The normalized spacial score (nSPS) is 22.5. The van der Waals surface area contributed by atoms with Gasteiger partial charge in [-0.05, 0) is 44.9 Å². The van der Waals surface area contributed by atoms with Gasteiger partial charge in [0.25, 0.3) is 0 Å². The lowest BCUT2D eigenvalue weighted by atomic mass is 10.0. The van der Waals surface area contributed by atoms with E-state index < -0.39 is 0 Å². The third kappa shape index (κ3) is 4.47. The Balaban J connectivity index is 1.50. The number of benzene rings is 1. The van der Waals surface area contributed by atoms with Gasteiger partial charge in [0.1, 0.15) is 5.82 Å². The SMILES string of the molecule is CCCN1CCC(NC(=O)N2CCN(c3ccccc3F)C[C@@H]2C)CC1. The van der Waals surface area contributed by atoms with Gasteiger partial charge in [-0.1, -0.05) is 19.1 Å². The Morgan fingerprint density at radius 1 is 1.19 bits per heavy atom. The molecule has 2 heterocycles. The average molecular weight is 362 g/mol. The van der Waals surface area contributed by atoms with E-state index in [4.69, 9.17) is 0 Å². The molecule has 0 unspecified atom stereocenters. The molecule has 1 aromatic carbocycles. The second kappa shape index (κ2) is 8.71. The van der Waals surface area contributed by atoms with Crippen molar-refractivity contribution in [2.75, 3.05) is 44.2 Å². The number of nitrogens with one attached hydrogen (secondary N) is 1. The van der Waals surface area contributed by atoms with Gasteiger partial charge in [-0.15, -0.1) is 0 Å². The predicted molar refractivity (Wildman–Crippen MR) is 103 cm³/mol. The number of carbonyl (C=O) groups excluding carboxylic acids is 1. The molecule has 0 radical (unpaired) electrons. The largest absolute Gasteiger partial charge is 0.365 e. The van der Waals surface area contributed by atoms with Crippen molar-refractivity contribution in [2.45, 2.75) is 45.2 Å². The summed E-state index contributed by atoms with van der Waals surface area (Å²) in [4.78, 5) is 19.1. The van der Waals surface area contributed by atoms with Crippen LogP contribution in [0.5, 0.6) is 0 Å². The molecule has 2 aliphatic rings. The van der Waals surface area contributed by atoms with Crippen molar-refractivity contribution in [2.24, 2.45) is 0 Å². The summed E-state index contributed by atoms with van der Waals surface area (Å²) in [7, 11) is 0. The van der Waals surface area contributed by atoms with Crippen molar-refractivity contribution in [3.05, 3.63) is 30.1 Å². The number of anilines is 1. The van der Waals surface area contributed by atoms with E-state index in [2.05, 4.69) is 17.1 Å². The Hall–Kier alpha value is -1.82. The van der Waals surface area contributed by atoms with Crippen LogP contribution < -0.4 is 10.2 Å². The number of likely N-dealkylation sites (tertiary alicyclic amines) is 1. The lowest BCUT2D eigenvalue weighted by Crippen LogP contribution is -2.58. The molecule has 2 fully saturated rings. The number of piperazine rings is 1. The standard InChI is InChI=1S/C20H31FN4O/c1-3-10-23-11-8-17(9-12-23)22-20(26)25-14-13-24(15-16(25)2)19-7-5-4-6-18(19)21/h4-7,16-17H,3,8-15H2,1-2H3,(H,22,26)/t16-/m0/s1. The number of piperidine rings is 1. The molecule has 2 saturated heterocycles. The second-order valence-electron chi connectivity index (χ2n) is 7.51. The van der Waals surface area contributed by atoms with Gasteiger partial charge in [-0.2, -0.15) is 0 Å². The van der Waals surface area contributed by atoms with Crippen LogP contribution in [-0.4, -0.2) is 67.2 Å². The highest BCUT2D eigenvalue weighted by atomic mass is 19.1. The molecule has 5 nitrogen and oxygen atoms in total. The Labute approximate surface area is 156 Å². The first kappa shape index (κ1) is 19.0. The number of nitrogens with zero attached hydrogens (tertiary/aromatic N) is 3. The second-order valence-corrected chi connectivity index (χ2v) is 7.51. The fraction of sp³-hybridized carbons (Fsp3) is 0.650. The molecule has 6 heteroatoms. The molecule has 0 aliphatic carbocycles. The van der Waals surface area contributed by atoms with Gasteiger partial charge in [0.2, 0.25) is 0 Å². The maximum absolute atomic E-state index is 14.0. The minimum Gasteiger partial charge on any atom is -0.365 e. The number of amides is 2. The van der Waals surface area contributed by atoms with Gasteiger partial charge in [0, 0.05) is 44.8 Å². The van der Waals surface area contributed by atoms with E-state index >= 15 is 0 Å². The molecule has 2 aliphatic heterocycles. The maximum atomic E-state index is 14.0. The maximum Gasteiger partial charge on any atom is 0.317 e. The van der Waals surface area contributed by atoms with Crippen LogP contribution in [0.3, 0.4) is 0 Å². The molecule has 144 valence electrons. The molecular formula is C20H31FN4O. The zero-order valence-corrected chi connectivity index (χ0v) is 16.0. The lowest BCUT2D eigenvalue weighted by molar-refractivity contribution is 0.154. The predicted octanol–water partition coefficient (Wildman–Crippen LogP) is 2.92. The van der Waals surface area contributed by atoms with Crippen LogP contribution >= 0.6 is 0 Å². The number of halogens is 1. The quantitative estimate of drug-likeness (QED) is 0.895. The molecule has 2 amide bonds. The summed E-state index contributed by atoms with van der Waals surface area (Å²) in [5.74, 6) is -0.198. The molecule has 1 N–H and O–H groups in total. The molecular weight excluding hydrogens is 331 g/mol. The van der Waals surface area contributed by atoms with Gasteiger partial charge in [-0.3, -0.25) is 0 Å². The number of rotatable bonds is 4. The van der Waals surface area contributed by atoms with Gasteiger partial charge >= 0.3 is 6.03 Å². The van der Waals surface area contributed by atoms with Crippen molar-refractivity contribution in [3.63, 3.8) is 0 Å². The highest BCUT2D eigenvalue weighted by molar-refractivity contribution is 5.75. The zero-order valence-electron chi connectivity index (χ0n) is 16.0. The van der Waals surface area contributed by atoms with E-state index in [1.807, 2.05) is 28.9 Å². The van der Waals surface area contributed by atoms with E-state index in [1.165, 1.54) is 12.5 Å². The monoisotopic (exact) mass is 362 g/mol. The van der Waals surface area contributed by atoms with Crippen LogP contribution in [-0.2, 0) is 0 Å². The summed E-state index contributed by atoms with van der Waals surface area (Å²) in [5.41, 5.74) is 0.628. The number of hydrogen-bond acceptors (Lipinski definition) is 3. The van der Waals surface area contributed by atoms with Crippen LogP contribution in [0.4, 0.5) is 14.9 Å². The van der Waals surface area contributed by atoms with Crippen molar-refractivity contribution in [1.29, 1.82) is 0 Å². The highest BCUT2D eigenvalue weighted by Crippen LogP contribution is 2.22. The molecule has 0 spiro atoms. The van der Waals surface area contributed by atoms with Crippen LogP contribution in [0.1, 0.15) is 33.1 Å². The third-order valence-electron chi connectivity index (χ3n) is 5.54. The summed E-state index contributed by atoms with van der Waals surface area (Å²) in [6, 6.07) is 7.21. The zero-order chi connectivity index (χ0) is 18.5. The molecule has 0 bridgehead atoms. The van der Waals surface area contributed by atoms with Crippen LogP contribution in [0.25, 0.3) is 0 Å². The van der Waals surface area contributed by atoms with Crippen LogP contribution in [0.15, 0.2) is 24.3 Å². The van der Waals surface area contributed by atoms with Crippen molar-refractivity contribution >= 4 is 11.7 Å². The molecule has 26 heavy (non-hydrogen) atoms. The smallest absolute Gasteiger partial charge is 0.317 e. The van der Waals surface area contributed by atoms with Crippen LogP contribution in [0, 0.1) is 5.82 Å². The minimum atomic E-state index is -0.198. The first-order valence-corrected chi connectivity index (χ1v) is 9.87. The Morgan fingerprint density at radius 2 is 1.92 bits per heavy atom. The Kier molecular flexibility index (Phi) is 6.35. The topological polar surface area (TPSA) is 38.8 Å².